The standard InChI is InChI=1S/C17H27N3S/c1-3-11-20-12-9-16(10-13-20)19-17(21)18-14(2)15-7-5-4-6-8-15/h4-8,14,16H,3,9-13H2,1-2H3,(H2,18,19,21). The second-order valence-electron chi connectivity index (χ2n) is 5.87. The zero-order valence-corrected chi connectivity index (χ0v) is 14.0. The number of hydrogen-bond donors (Lipinski definition) is 2. The van der Waals surface area contributed by atoms with Crippen LogP contribution in [0.2, 0.25) is 0 Å². The Kier molecular flexibility index (Phi) is 6.46. The summed E-state index contributed by atoms with van der Waals surface area (Å²) in [5.74, 6) is 0. The Morgan fingerprint density at radius 1 is 1.29 bits per heavy atom. The molecule has 1 aliphatic heterocycles. The van der Waals surface area contributed by atoms with E-state index in [0.717, 1.165) is 5.11 Å². The van der Waals surface area contributed by atoms with Crippen molar-refractivity contribution in [2.45, 2.75) is 45.2 Å². The Labute approximate surface area is 134 Å². The van der Waals surface area contributed by atoms with E-state index in [2.05, 4.69) is 53.6 Å². The lowest BCUT2D eigenvalue weighted by molar-refractivity contribution is 0.206. The summed E-state index contributed by atoms with van der Waals surface area (Å²) >= 11 is 5.46. The van der Waals surface area contributed by atoms with Gasteiger partial charge in [-0.15, -0.1) is 0 Å². The summed E-state index contributed by atoms with van der Waals surface area (Å²) in [5, 5.41) is 7.64. The molecule has 1 aromatic carbocycles. The van der Waals surface area contributed by atoms with Gasteiger partial charge in [0.1, 0.15) is 0 Å². The van der Waals surface area contributed by atoms with Crippen LogP contribution in [0.25, 0.3) is 0 Å². The molecule has 1 aromatic rings. The third kappa shape index (κ3) is 5.29. The molecule has 3 nitrogen and oxygen atoms in total. The molecule has 0 saturated carbocycles. The Morgan fingerprint density at radius 2 is 1.95 bits per heavy atom. The topological polar surface area (TPSA) is 27.3 Å². The first-order chi connectivity index (χ1) is 10.2. The Balaban J connectivity index is 1.73. The number of piperidine rings is 1. The highest BCUT2D eigenvalue weighted by Crippen LogP contribution is 2.13. The van der Waals surface area contributed by atoms with E-state index in [1.54, 1.807) is 0 Å². The van der Waals surface area contributed by atoms with Gasteiger partial charge in [0, 0.05) is 19.1 Å². The SMILES string of the molecule is CCCN1CCC(NC(=S)NC(C)c2ccccc2)CC1. The van der Waals surface area contributed by atoms with E-state index >= 15 is 0 Å². The Hall–Kier alpha value is -1.13. The highest BCUT2D eigenvalue weighted by atomic mass is 32.1. The second-order valence-corrected chi connectivity index (χ2v) is 6.27. The third-order valence-electron chi connectivity index (χ3n) is 4.11. The van der Waals surface area contributed by atoms with Crippen LogP contribution in [-0.4, -0.2) is 35.7 Å². The molecule has 116 valence electrons. The average Bonchev–Trinajstić information content (AvgIpc) is 2.50. The second kappa shape index (κ2) is 8.35. The van der Waals surface area contributed by atoms with Crippen LogP contribution in [0.1, 0.15) is 44.7 Å². The van der Waals surface area contributed by atoms with Gasteiger partial charge in [-0.25, -0.2) is 0 Å². The first kappa shape index (κ1) is 16.2. The fraction of sp³-hybridized carbons (Fsp3) is 0.588. The van der Waals surface area contributed by atoms with Gasteiger partial charge >= 0.3 is 0 Å². The van der Waals surface area contributed by atoms with Crippen molar-refractivity contribution in [2.24, 2.45) is 0 Å². The molecule has 0 aliphatic carbocycles. The van der Waals surface area contributed by atoms with Crippen molar-refractivity contribution < 1.29 is 0 Å². The summed E-state index contributed by atoms with van der Waals surface area (Å²) in [5.41, 5.74) is 1.26. The molecule has 1 atom stereocenters. The maximum Gasteiger partial charge on any atom is 0.166 e. The van der Waals surface area contributed by atoms with Crippen LogP contribution in [0.15, 0.2) is 30.3 Å². The van der Waals surface area contributed by atoms with Crippen LogP contribution in [0.3, 0.4) is 0 Å². The summed E-state index contributed by atoms with van der Waals surface area (Å²) < 4.78 is 0. The van der Waals surface area contributed by atoms with Crippen LogP contribution in [0, 0.1) is 0 Å². The van der Waals surface area contributed by atoms with E-state index < -0.39 is 0 Å². The summed E-state index contributed by atoms with van der Waals surface area (Å²) in [4.78, 5) is 2.54. The minimum absolute atomic E-state index is 0.242. The van der Waals surface area contributed by atoms with E-state index in [0.29, 0.717) is 6.04 Å². The molecule has 1 aliphatic rings. The molecule has 1 saturated heterocycles. The van der Waals surface area contributed by atoms with Gasteiger partial charge in [-0.2, -0.15) is 0 Å². The molecule has 4 heteroatoms. The van der Waals surface area contributed by atoms with Crippen LogP contribution in [0.4, 0.5) is 0 Å². The Morgan fingerprint density at radius 3 is 2.57 bits per heavy atom. The van der Waals surface area contributed by atoms with Crippen molar-refractivity contribution in [1.82, 2.24) is 15.5 Å². The summed E-state index contributed by atoms with van der Waals surface area (Å²) in [6.07, 6.45) is 3.61. The van der Waals surface area contributed by atoms with Crippen molar-refractivity contribution in [3.63, 3.8) is 0 Å². The number of thiocarbonyl (C=S) groups is 1. The van der Waals surface area contributed by atoms with Crippen molar-refractivity contribution in [3.05, 3.63) is 35.9 Å². The fourth-order valence-corrected chi connectivity index (χ4v) is 3.21. The van der Waals surface area contributed by atoms with Gasteiger partial charge in [-0.1, -0.05) is 37.3 Å². The number of likely N-dealkylation sites (tertiary alicyclic amines) is 1. The molecule has 0 bridgehead atoms. The van der Waals surface area contributed by atoms with Crippen molar-refractivity contribution >= 4 is 17.3 Å². The van der Waals surface area contributed by atoms with E-state index in [4.69, 9.17) is 12.2 Å². The van der Waals surface area contributed by atoms with Gasteiger partial charge in [-0.05, 0) is 50.5 Å². The molecular weight excluding hydrogens is 278 g/mol. The number of rotatable bonds is 5. The van der Waals surface area contributed by atoms with Gasteiger partial charge in [0.2, 0.25) is 0 Å². The number of nitrogens with zero attached hydrogens (tertiary/aromatic N) is 1. The van der Waals surface area contributed by atoms with Crippen LogP contribution >= 0.6 is 12.2 Å². The average molecular weight is 305 g/mol. The molecule has 0 radical (unpaired) electrons. The van der Waals surface area contributed by atoms with Gasteiger partial charge in [0.15, 0.2) is 5.11 Å². The van der Waals surface area contributed by atoms with Crippen LogP contribution in [0.5, 0.6) is 0 Å². The summed E-state index contributed by atoms with van der Waals surface area (Å²) in [6.45, 7) is 7.98. The minimum atomic E-state index is 0.242. The maximum absolute atomic E-state index is 5.46. The lowest BCUT2D eigenvalue weighted by atomic mass is 10.1. The van der Waals surface area contributed by atoms with Crippen molar-refractivity contribution in [3.8, 4) is 0 Å². The minimum Gasteiger partial charge on any atom is -0.360 e. The quantitative estimate of drug-likeness (QED) is 0.818. The third-order valence-corrected chi connectivity index (χ3v) is 4.35. The highest BCUT2D eigenvalue weighted by Gasteiger charge is 2.19. The molecule has 21 heavy (non-hydrogen) atoms. The molecule has 1 fully saturated rings. The first-order valence-electron chi connectivity index (χ1n) is 8.03. The van der Waals surface area contributed by atoms with Crippen LogP contribution in [-0.2, 0) is 0 Å². The van der Waals surface area contributed by atoms with Gasteiger partial charge in [0.05, 0.1) is 6.04 Å². The monoisotopic (exact) mass is 305 g/mol. The first-order valence-corrected chi connectivity index (χ1v) is 8.44. The van der Waals surface area contributed by atoms with E-state index in [1.165, 1.54) is 44.5 Å². The molecule has 2 rings (SSSR count). The lowest BCUT2D eigenvalue weighted by Crippen LogP contribution is -2.48. The molecule has 0 amide bonds. The number of benzene rings is 1. The zero-order chi connectivity index (χ0) is 15.1. The van der Waals surface area contributed by atoms with Crippen LogP contribution < -0.4 is 10.6 Å². The normalized spacial score (nSPS) is 18.2. The van der Waals surface area contributed by atoms with Crippen molar-refractivity contribution in [1.29, 1.82) is 0 Å². The van der Waals surface area contributed by atoms with Gasteiger partial charge in [-0.3, -0.25) is 0 Å². The summed E-state index contributed by atoms with van der Waals surface area (Å²) in [6, 6.07) is 11.2. The zero-order valence-electron chi connectivity index (χ0n) is 13.1. The summed E-state index contributed by atoms with van der Waals surface area (Å²) in [7, 11) is 0. The molecule has 1 heterocycles. The molecule has 0 spiro atoms. The fourth-order valence-electron chi connectivity index (χ4n) is 2.87. The predicted molar refractivity (Wildman–Crippen MR) is 93.5 cm³/mol. The number of nitrogens with one attached hydrogen (secondary N) is 2. The largest absolute Gasteiger partial charge is 0.360 e. The van der Waals surface area contributed by atoms with E-state index in [1.807, 2.05) is 6.07 Å². The van der Waals surface area contributed by atoms with E-state index in [9.17, 15) is 0 Å². The molecule has 2 N–H and O–H groups in total. The lowest BCUT2D eigenvalue weighted by Gasteiger charge is -2.33. The Bertz CT molecular complexity index is 427. The van der Waals surface area contributed by atoms with Gasteiger partial charge in [0.25, 0.3) is 0 Å². The van der Waals surface area contributed by atoms with Crippen molar-refractivity contribution in [2.75, 3.05) is 19.6 Å². The predicted octanol–water partition coefficient (Wildman–Crippen LogP) is 3.09. The molecule has 1 unspecified atom stereocenters. The van der Waals surface area contributed by atoms with Gasteiger partial charge < -0.3 is 15.5 Å². The maximum atomic E-state index is 5.46. The smallest absolute Gasteiger partial charge is 0.166 e. The highest BCUT2D eigenvalue weighted by molar-refractivity contribution is 7.80. The molecule has 0 aromatic heterocycles. The number of hydrogen-bond acceptors (Lipinski definition) is 2. The van der Waals surface area contributed by atoms with E-state index in [-0.39, 0.29) is 6.04 Å². The molecular formula is C17H27N3S.